The fourth-order valence-corrected chi connectivity index (χ4v) is 4.46. The van der Waals surface area contributed by atoms with Crippen LogP contribution in [0.15, 0.2) is 49.1 Å². The number of nitrogens with one attached hydrogen (secondary N) is 1. The fraction of sp³-hybridized carbons (Fsp3) is 0.300. The van der Waals surface area contributed by atoms with Gasteiger partial charge in [0.15, 0.2) is 0 Å². The smallest absolute Gasteiger partial charge is 0.261 e. The first-order valence-corrected chi connectivity index (χ1v) is 9.53. The molecule has 0 radical (unpaired) electrons. The summed E-state index contributed by atoms with van der Waals surface area (Å²) in [5, 5.41) is 3.13. The van der Waals surface area contributed by atoms with Gasteiger partial charge in [-0.3, -0.25) is 4.79 Å². The normalized spacial score (nSPS) is 14.8. The van der Waals surface area contributed by atoms with Crippen LogP contribution in [0.3, 0.4) is 0 Å². The zero-order valence-corrected chi connectivity index (χ0v) is 15.1. The summed E-state index contributed by atoms with van der Waals surface area (Å²) in [6.07, 6.45) is 10.2. The Morgan fingerprint density at radius 2 is 2.04 bits per heavy atom. The monoisotopic (exact) mass is 351 g/mol. The SMILES string of the molecule is C[C@@H](NC(=O)c1cc2c(s1)CCCC2)c1ccc(-n2ccnc2)cc1. The van der Waals surface area contributed by atoms with Crippen molar-refractivity contribution in [2.24, 2.45) is 0 Å². The van der Waals surface area contributed by atoms with Gasteiger partial charge in [-0.1, -0.05) is 12.1 Å². The van der Waals surface area contributed by atoms with Gasteiger partial charge in [0.25, 0.3) is 5.91 Å². The minimum absolute atomic E-state index is 0.0246. The van der Waals surface area contributed by atoms with Crippen molar-refractivity contribution in [3.8, 4) is 5.69 Å². The fourth-order valence-electron chi connectivity index (χ4n) is 3.30. The maximum atomic E-state index is 12.6. The molecule has 25 heavy (non-hydrogen) atoms. The van der Waals surface area contributed by atoms with Crippen LogP contribution in [0.5, 0.6) is 0 Å². The van der Waals surface area contributed by atoms with E-state index in [-0.39, 0.29) is 11.9 Å². The number of benzene rings is 1. The third kappa shape index (κ3) is 3.37. The molecule has 0 fully saturated rings. The van der Waals surface area contributed by atoms with E-state index in [2.05, 4.69) is 28.5 Å². The third-order valence-corrected chi connectivity index (χ3v) is 6.00. The molecule has 0 bridgehead atoms. The number of imidazole rings is 1. The van der Waals surface area contributed by atoms with E-state index < -0.39 is 0 Å². The van der Waals surface area contributed by atoms with Crippen LogP contribution in [-0.2, 0) is 12.8 Å². The van der Waals surface area contributed by atoms with Crippen molar-refractivity contribution < 1.29 is 4.79 Å². The van der Waals surface area contributed by atoms with Gasteiger partial charge in [-0.2, -0.15) is 0 Å². The quantitative estimate of drug-likeness (QED) is 0.761. The van der Waals surface area contributed by atoms with Crippen LogP contribution in [0.2, 0.25) is 0 Å². The lowest BCUT2D eigenvalue weighted by Crippen LogP contribution is -2.25. The van der Waals surface area contributed by atoms with Gasteiger partial charge in [-0.15, -0.1) is 11.3 Å². The first-order valence-electron chi connectivity index (χ1n) is 8.71. The van der Waals surface area contributed by atoms with Crippen molar-refractivity contribution in [2.75, 3.05) is 0 Å². The Hall–Kier alpha value is -2.40. The van der Waals surface area contributed by atoms with Crippen LogP contribution in [0, 0.1) is 0 Å². The minimum atomic E-state index is -0.0246. The Bertz CT molecular complexity index is 841. The maximum Gasteiger partial charge on any atom is 0.261 e. The van der Waals surface area contributed by atoms with Crippen molar-refractivity contribution in [3.63, 3.8) is 0 Å². The van der Waals surface area contributed by atoms with Crippen LogP contribution >= 0.6 is 11.3 Å². The number of carbonyl (C=O) groups is 1. The highest BCUT2D eigenvalue weighted by Crippen LogP contribution is 2.30. The zero-order valence-electron chi connectivity index (χ0n) is 14.2. The van der Waals surface area contributed by atoms with E-state index in [9.17, 15) is 4.79 Å². The van der Waals surface area contributed by atoms with E-state index in [1.54, 1.807) is 23.9 Å². The lowest BCUT2D eigenvalue weighted by Gasteiger charge is -2.14. The number of amides is 1. The molecule has 0 unspecified atom stereocenters. The molecule has 128 valence electrons. The van der Waals surface area contributed by atoms with Crippen molar-refractivity contribution in [2.45, 2.75) is 38.6 Å². The van der Waals surface area contributed by atoms with Crippen LogP contribution in [0.25, 0.3) is 5.69 Å². The number of fused-ring (bicyclic) bond motifs is 1. The van der Waals surface area contributed by atoms with Gasteiger partial charge in [0.05, 0.1) is 17.2 Å². The van der Waals surface area contributed by atoms with Gasteiger partial charge < -0.3 is 9.88 Å². The second-order valence-electron chi connectivity index (χ2n) is 6.52. The van der Waals surface area contributed by atoms with Gasteiger partial charge >= 0.3 is 0 Å². The number of carbonyl (C=O) groups excluding carboxylic acids is 1. The number of aromatic nitrogens is 2. The topological polar surface area (TPSA) is 46.9 Å². The molecular weight excluding hydrogens is 330 g/mol. The molecule has 0 saturated carbocycles. The predicted octanol–water partition coefficient (Wildman–Crippen LogP) is 4.30. The molecule has 2 aromatic heterocycles. The third-order valence-electron chi connectivity index (χ3n) is 4.76. The second kappa shape index (κ2) is 6.84. The van der Waals surface area contributed by atoms with Crippen molar-refractivity contribution in [1.82, 2.24) is 14.9 Å². The van der Waals surface area contributed by atoms with Crippen molar-refractivity contribution in [1.29, 1.82) is 0 Å². The molecule has 4 rings (SSSR count). The molecule has 0 spiro atoms. The number of rotatable bonds is 4. The Morgan fingerprint density at radius 3 is 2.76 bits per heavy atom. The van der Waals surface area contributed by atoms with Gasteiger partial charge in [-0.05, 0) is 61.9 Å². The van der Waals surface area contributed by atoms with E-state index >= 15 is 0 Å². The molecule has 1 aromatic carbocycles. The summed E-state index contributed by atoms with van der Waals surface area (Å²) in [5.74, 6) is 0.0330. The highest BCUT2D eigenvalue weighted by molar-refractivity contribution is 7.14. The van der Waals surface area contributed by atoms with E-state index in [0.717, 1.165) is 29.0 Å². The molecule has 3 aromatic rings. The Morgan fingerprint density at radius 1 is 1.24 bits per heavy atom. The highest BCUT2D eigenvalue weighted by Gasteiger charge is 2.18. The van der Waals surface area contributed by atoms with E-state index in [1.165, 1.54) is 23.3 Å². The lowest BCUT2D eigenvalue weighted by molar-refractivity contribution is 0.0944. The number of thiophene rings is 1. The van der Waals surface area contributed by atoms with Crippen LogP contribution in [0.4, 0.5) is 0 Å². The summed E-state index contributed by atoms with van der Waals surface area (Å²) in [5.41, 5.74) is 3.53. The van der Waals surface area contributed by atoms with Gasteiger partial charge in [0.2, 0.25) is 0 Å². The molecule has 2 heterocycles. The predicted molar refractivity (Wildman–Crippen MR) is 100 cm³/mol. The highest BCUT2D eigenvalue weighted by atomic mass is 32.1. The average molecular weight is 351 g/mol. The van der Waals surface area contributed by atoms with Crippen molar-refractivity contribution in [3.05, 3.63) is 69.9 Å². The number of aryl methyl sites for hydroxylation is 2. The Labute approximate surface area is 151 Å². The van der Waals surface area contributed by atoms with E-state index in [0.29, 0.717) is 0 Å². The lowest BCUT2D eigenvalue weighted by atomic mass is 9.99. The molecule has 1 aliphatic rings. The summed E-state index contributed by atoms with van der Waals surface area (Å²) in [4.78, 5) is 18.9. The largest absolute Gasteiger partial charge is 0.345 e. The van der Waals surface area contributed by atoms with Crippen LogP contribution in [-0.4, -0.2) is 15.5 Å². The van der Waals surface area contributed by atoms with Gasteiger partial charge in [-0.25, -0.2) is 4.98 Å². The molecule has 0 aliphatic heterocycles. The molecule has 1 aliphatic carbocycles. The number of hydrogen-bond acceptors (Lipinski definition) is 3. The molecule has 5 heteroatoms. The first kappa shape index (κ1) is 16.1. The van der Waals surface area contributed by atoms with Crippen molar-refractivity contribution >= 4 is 17.2 Å². The average Bonchev–Trinajstić information content (AvgIpc) is 3.31. The zero-order chi connectivity index (χ0) is 17.2. The summed E-state index contributed by atoms with van der Waals surface area (Å²) in [6.45, 7) is 2.03. The Kier molecular flexibility index (Phi) is 4.40. The summed E-state index contributed by atoms with van der Waals surface area (Å²) in [7, 11) is 0. The molecule has 4 nitrogen and oxygen atoms in total. The van der Waals surface area contributed by atoms with Gasteiger partial charge in [0.1, 0.15) is 0 Å². The standard InChI is InChI=1S/C20H21N3OS/c1-14(15-6-8-17(9-7-15)23-11-10-21-13-23)22-20(24)19-12-16-4-2-3-5-18(16)25-19/h6-14H,2-5H2,1H3,(H,22,24)/t14-/m1/s1. The van der Waals surface area contributed by atoms with Crippen LogP contribution in [0.1, 0.15) is 51.5 Å². The van der Waals surface area contributed by atoms with E-state index in [1.807, 2.05) is 29.8 Å². The minimum Gasteiger partial charge on any atom is -0.345 e. The maximum absolute atomic E-state index is 12.6. The second-order valence-corrected chi connectivity index (χ2v) is 7.66. The molecule has 1 atom stereocenters. The summed E-state index contributed by atoms with van der Waals surface area (Å²) < 4.78 is 1.96. The van der Waals surface area contributed by atoms with E-state index in [4.69, 9.17) is 0 Å². The Balaban J connectivity index is 1.45. The molecule has 0 saturated heterocycles. The molecule has 1 amide bonds. The summed E-state index contributed by atoms with van der Waals surface area (Å²) >= 11 is 1.66. The van der Waals surface area contributed by atoms with Gasteiger partial charge in [0, 0.05) is 23.0 Å². The van der Waals surface area contributed by atoms with Crippen LogP contribution < -0.4 is 5.32 Å². The molecule has 1 N–H and O–H groups in total. The first-order chi connectivity index (χ1) is 12.2. The number of hydrogen-bond donors (Lipinski definition) is 1. The molecular formula is C20H21N3OS. The summed E-state index contributed by atoms with van der Waals surface area (Å²) in [6, 6.07) is 10.3. The number of nitrogens with zero attached hydrogens (tertiary/aromatic N) is 2.